The fourth-order valence-corrected chi connectivity index (χ4v) is 2.23. The molecule has 0 radical (unpaired) electrons. The van der Waals surface area contributed by atoms with Gasteiger partial charge in [-0.25, -0.2) is 0 Å². The zero-order valence-electron chi connectivity index (χ0n) is 10.2. The fraction of sp³-hybridized carbons (Fsp3) is 0.462. The van der Waals surface area contributed by atoms with Gasteiger partial charge in [0.25, 0.3) is 0 Å². The van der Waals surface area contributed by atoms with E-state index in [2.05, 4.69) is 0 Å². The zero-order chi connectivity index (χ0) is 12.7. The van der Waals surface area contributed by atoms with Crippen molar-refractivity contribution >= 4 is 17.7 Å². The molecule has 1 atom stereocenters. The number of hydrogen-bond acceptors (Lipinski definition) is 3. The molecule has 1 unspecified atom stereocenters. The van der Waals surface area contributed by atoms with Crippen LogP contribution in [-0.2, 0) is 11.2 Å². The summed E-state index contributed by atoms with van der Waals surface area (Å²) in [5.41, 5.74) is 0.962. The lowest BCUT2D eigenvalue weighted by Gasteiger charge is -2.14. The molecule has 0 fully saturated rings. The summed E-state index contributed by atoms with van der Waals surface area (Å²) in [6.07, 6.45) is 3.20. The second kappa shape index (κ2) is 7.22. The number of benzene rings is 1. The highest BCUT2D eigenvalue weighted by Crippen LogP contribution is 2.23. The molecule has 0 aliphatic heterocycles. The average molecular weight is 254 g/mol. The van der Waals surface area contributed by atoms with E-state index in [9.17, 15) is 9.90 Å². The smallest absolute Gasteiger partial charge is 0.306 e. The summed E-state index contributed by atoms with van der Waals surface area (Å²) in [6.45, 7) is 0. The Morgan fingerprint density at radius 1 is 1.47 bits per heavy atom. The number of thioether (sulfide) groups is 1. The molecule has 0 saturated heterocycles. The Hall–Kier alpha value is -1.16. The molecule has 0 aromatic heterocycles. The van der Waals surface area contributed by atoms with Crippen LogP contribution in [0.25, 0.3) is 0 Å². The van der Waals surface area contributed by atoms with Crippen molar-refractivity contribution in [2.75, 3.05) is 19.1 Å². The second-order valence-electron chi connectivity index (χ2n) is 3.83. The van der Waals surface area contributed by atoms with Crippen LogP contribution in [0.4, 0.5) is 0 Å². The standard InChI is InChI=1S/C13H18O3S/c1-16-12-6-4-3-5-10(12)9-11(13(14)15)7-8-17-2/h3-6,11H,7-9H2,1-2H3,(H,14,15). The SMILES string of the molecule is COc1ccccc1CC(CCSC)C(=O)O. The minimum absolute atomic E-state index is 0.334. The molecule has 0 amide bonds. The number of carbonyl (C=O) groups is 1. The predicted octanol–water partition coefficient (Wildman–Crippen LogP) is 2.69. The largest absolute Gasteiger partial charge is 0.496 e. The van der Waals surface area contributed by atoms with Crippen LogP contribution in [0, 0.1) is 5.92 Å². The number of carboxylic acid groups (broad SMARTS) is 1. The van der Waals surface area contributed by atoms with Gasteiger partial charge in [0.2, 0.25) is 0 Å². The third-order valence-corrected chi connectivity index (χ3v) is 3.32. The highest BCUT2D eigenvalue weighted by Gasteiger charge is 2.19. The first-order chi connectivity index (χ1) is 8.19. The molecule has 3 nitrogen and oxygen atoms in total. The van der Waals surface area contributed by atoms with Gasteiger partial charge in [0, 0.05) is 0 Å². The van der Waals surface area contributed by atoms with E-state index < -0.39 is 5.97 Å². The summed E-state index contributed by atoms with van der Waals surface area (Å²) >= 11 is 1.67. The van der Waals surface area contributed by atoms with Crippen molar-refractivity contribution in [3.05, 3.63) is 29.8 Å². The molecule has 1 aromatic carbocycles. The van der Waals surface area contributed by atoms with E-state index in [0.717, 1.165) is 17.1 Å². The van der Waals surface area contributed by atoms with Crippen LogP contribution in [0.1, 0.15) is 12.0 Å². The van der Waals surface area contributed by atoms with Gasteiger partial charge in [-0.2, -0.15) is 11.8 Å². The summed E-state index contributed by atoms with van der Waals surface area (Å²) in [5.74, 6) is 0.568. The molecule has 1 N–H and O–H groups in total. The first-order valence-electron chi connectivity index (χ1n) is 5.52. The summed E-state index contributed by atoms with van der Waals surface area (Å²) in [6, 6.07) is 7.59. The maximum Gasteiger partial charge on any atom is 0.306 e. The molecule has 17 heavy (non-hydrogen) atoms. The lowest BCUT2D eigenvalue weighted by molar-refractivity contribution is -0.141. The normalized spacial score (nSPS) is 12.1. The van der Waals surface area contributed by atoms with Crippen LogP contribution >= 0.6 is 11.8 Å². The second-order valence-corrected chi connectivity index (χ2v) is 4.82. The van der Waals surface area contributed by atoms with Crippen molar-refractivity contribution in [3.8, 4) is 5.75 Å². The number of para-hydroxylation sites is 1. The summed E-state index contributed by atoms with van der Waals surface area (Å²) < 4.78 is 5.23. The molecule has 1 rings (SSSR count). The zero-order valence-corrected chi connectivity index (χ0v) is 11.0. The van der Waals surface area contributed by atoms with E-state index in [1.807, 2.05) is 30.5 Å². The van der Waals surface area contributed by atoms with Crippen LogP contribution in [0.5, 0.6) is 5.75 Å². The summed E-state index contributed by atoms with van der Waals surface area (Å²) in [5, 5.41) is 9.17. The summed E-state index contributed by atoms with van der Waals surface area (Å²) in [7, 11) is 1.61. The van der Waals surface area contributed by atoms with Crippen LogP contribution < -0.4 is 4.74 Å². The highest BCUT2D eigenvalue weighted by atomic mass is 32.2. The molecule has 0 aliphatic rings. The lowest BCUT2D eigenvalue weighted by atomic mass is 9.96. The Bertz CT molecular complexity index is 365. The maximum absolute atomic E-state index is 11.2. The van der Waals surface area contributed by atoms with Crippen molar-refractivity contribution < 1.29 is 14.6 Å². The van der Waals surface area contributed by atoms with E-state index >= 15 is 0 Å². The minimum atomic E-state index is -0.732. The van der Waals surface area contributed by atoms with E-state index in [1.54, 1.807) is 18.9 Å². The predicted molar refractivity (Wildman–Crippen MR) is 70.8 cm³/mol. The Morgan fingerprint density at radius 2 is 2.18 bits per heavy atom. The van der Waals surface area contributed by atoms with Gasteiger partial charge in [-0.3, -0.25) is 4.79 Å². The van der Waals surface area contributed by atoms with Crippen LogP contribution in [0.3, 0.4) is 0 Å². The number of ether oxygens (including phenoxy) is 1. The molecule has 0 bridgehead atoms. The van der Waals surface area contributed by atoms with Gasteiger partial charge in [0.1, 0.15) is 5.75 Å². The average Bonchev–Trinajstić information content (AvgIpc) is 2.34. The van der Waals surface area contributed by atoms with E-state index in [1.165, 1.54) is 0 Å². The fourth-order valence-electron chi connectivity index (χ4n) is 1.71. The number of methoxy groups -OCH3 is 1. The first-order valence-corrected chi connectivity index (χ1v) is 6.92. The molecule has 0 aliphatic carbocycles. The molecular weight excluding hydrogens is 236 g/mol. The highest BCUT2D eigenvalue weighted by molar-refractivity contribution is 7.98. The van der Waals surface area contributed by atoms with Crippen molar-refractivity contribution in [2.45, 2.75) is 12.8 Å². The van der Waals surface area contributed by atoms with Crippen LogP contribution in [0.2, 0.25) is 0 Å². The van der Waals surface area contributed by atoms with Gasteiger partial charge in [0.05, 0.1) is 13.0 Å². The first kappa shape index (κ1) is 13.9. The van der Waals surface area contributed by atoms with Gasteiger partial charge in [0.15, 0.2) is 0 Å². The van der Waals surface area contributed by atoms with Gasteiger partial charge in [-0.05, 0) is 36.5 Å². The van der Waals surface area contributed by atoms with Crippen molar-refractivity contribution in [1.82, 2.24) is 0 Å². The Balaban J connectivity index is 2.74. The van der Waals surface area contributed by atoms with Gasteiger partial charge < -0.3 is 9.84 Å². The van der Waals surface area contributed by atoms with Crippen molar-refractivity contribution in [1.29, 1.82) is 0 Å². The Kier molecular flexibility index (Phi) is 5.91. The van der Waals surface area contributed by atoms with Gasteiger partial charge in [-0.15, -0.1) is 0 Å². The lowest BCUT2D eigenvalue weighted by Crippen LogP contribution is -2.17. The summed E-state index contributed by atoms with van der Waals surface area (Å²) in [4.78, 5) is 11.2. The minimum Gasteiger partial charge on any atom is -0.496 e. The molecule has 0 spiro atoms. The number of aliphatic carboxylic acids is 1. The molecule has 94 valence electrons. The number of hydrogen-bond donors (Lipinski definition) is 1. The molecule has 4 heteroatoms. The molecule has 0 heterocycles. The van der Waals surface area contributed by atoms with Gasteiger partial charge >= 0.3 is 5.97 Å². The number of carboxylic acids is 1. The molecular formula is C13H18O3S. The molecule has 0 saturated carbocycles. The van der Waals surface area contributed by atoms with E-state index in [-0.39, 0.29) is 5.92 Å². The van der Waals surface area contributed by atoms with Crippen molar-refractivity contribution in [2.24, 2.45) is 5.92 Å². The quantitative estimate of drug-likeness (QED) is 0.812. The van der Waals surface area contributed by atoms with Crippen LogP contribution in [0.15, 0.2) is 24.3 Å². The maximum atomic E-state index is 11.2. The van der Waals surface area contributed by atoms with Crippen molar-refractivity contribution in [3.63, 3.8) is 0 Å². The van der Waals surface area contributed by atoms with E-state index in [0.29, 0.717) is 12.8 Å². The Labute approximate surface area is 106 Å². The molecule has 1 aromatic rings. The third kappa shape index (κ3) is 4.30. The number of rotatable bonds is 7. The topological polar surface area (TPSA) is 46.5 Å². The van der Waals surface area contributed by atoms with Crippen LogP contribution in [-0.4, -0.2) is 30.2 Å². The van der Waals surface area contributed by atoms with Gasteiger partial charge in [-0.1, -0.05) is 18.2 Å². The Morgan fingerprint density at radius 3 is 2.76 bits per heavy atom. The monoisotopic (exact) mass is 254 g/mol. The van der Waals surface area contributed by atoms with E-state index in [4.69, 9.17) is 4.74 Å². The third-order valence-electron chi connectivity index (χ3n) is 2.68.